The van der Waals surface area contributed by atoms with Crippen LogP contribution in [0.15, 0.2) is 0 Å². The van der Waals surface area contributed by atoms with Crippen LogP contribution in [0.2, 0.25) is 0 Å². The van der Waals surface area contributed by atoms with E-state index in [9.17, 15) is 5.11 Å². The van der Waals surface area contributed by atoms with Gasteiger partial charge in [-0.05, 0) is 42.8 Å². The van der Waals surface area contributed by atoms with Gasteiger partial charge < -0.3 is 9.84 Å². The number of hydrogen-bond donors (Lipinski definition) is 1. The number of thioether (sulfide) groups is 1. The van der Waals surface area contributed by atoms with Crippen molar-refractivity contribution in [3.05, 3.63) is 0 Å². The van der Waals surface area contributed by atoms with Crippen molar-refractivity contribution in [3.8, 4) is 0 Å². The molecule has 0 saturated carbocycles. The zero-order valence-corrected chi connectivity index (χ0v) is 12.2. The van der Waals surface area contributed by atoms with Crippen LogP contribution in [0.5, 0.6) is 0 Å². The Morgan fingerprint density at radius 3 is 2.88 bits per heavy atom. The smallest absolute Gasteiger partial charge is 0.0783 e. The predicted octanol–water partition coefficient (Wildman–Crippen LogP) is 3.09. The van der Waals surface area contributed by atoms with Crippen LogP contribution in [0.25, 0.3) is 0 Å². The van der Waals surface area contributed by atoms with Crippen LogP contribution >= 0.6 is 11.8 Å². The highest BCUT2D eigenvalue weighted by Crippen LogP contribution is 2.44. The highest BCUT2D eigenvalue weighted by Gasteiger charge is 2.44. The lowest BCUT2D eigenvalue weighted by molar-refractivity contribution is -0.119. The Balaban J connectivity index is 2.02. The van der Waals surface area contributed by atoms with E-state index in [0.29, 0.717) is 5.92 Å². The Morgan fingerprint density at radius 2 is 2.29 bits per heavy atom. The highest BCUT2D eigenvalue weighted by molar-refractivity contribution is 7.99. The molecule has 0 aromatic rings. The van der Waals surface area contributed by atoms with Crippen molar-refractivity contribution >= 4 is 11.8 Å². The minimum atomic E-state index is -0.182. The van der Waals surface area contributed by atoms with Gasteiger partial charge >= 0.3 is 0 Å². The van der Waals surface area contributed by atoms with Gasteiger partial charge in [-0.2, -0.15) is 11.8 Å². The van der Waals surface area contributed by atoms with E-state index >= 15 is 0 Å². The Hall–Kier alpha value is 0.270. The predicted molar refractivity (Wildman–Crippen MR) is 73.4 cm³/mol. The van der Waals surface area contributed by atoms with E-state index in [2.05, 4.69) is 20.8 Å². The minimum Gasteiger partial charge on any atom is -0.392 e. The molecule has 0 radical (unpaired) electrons. The summed E-state index contributed by atoms with van der Waals surface area (Å²) in [6, 6.07) is 0. The third-order valence-corrected chi connectivity index (χ3v) is 5.98. The normalized spacial score (nSPS) is 36.4. The Labute approximate surface area is 110 Å². The molecule has 100 valence electrons. The van der Waals surface area contributed by atoms with Gasteiger partial charge in [0, 0.05) is 12.4 Å². The molecule has 3 unspecified atom stereocenters. The average molecular weight is 258 g/mol. The van der Waals surface area contributed by atoms with Crippen LogP contribution in [0.1, 0.15) is 46.5 Å². The summed E-state index contributed by atoms with van der Waals surface area (Å²) in [6.07, 6.45) is 4.11. The summed E-state index contributed by atoms with van der Waals surface area (Å²) in [5.41, 5.74) is 0.132. The summed E-state index contributed by atoms with van der Waals surface area (Å²) in [4.78, 5) is 0. The molecule has 2 fully saturated rings. The monoisotopic (exact) mass is 258 g/mol. The molecule has 1 N–H and O–H groups in total. The standard InChI is InChI=1S/C14H26O2S/c1-4-13(2,3)12(15)11-5-7-16-14(9-11)6-8-17-10-14/h11-12,15H,4-10H2,1-3H3. The molecule has 2 nitrogen and oxygen atoms in total. The van der Waals surface area contributed by atoms with E-state index in [-0.39, 0.29) is 17.1 Å². The Kier molecular flexibility index (Phi) is 4.11. The Bertz CT molecular complexity index is 259. The molecule has 0 bridgehead atoms. The summed E-state index contributed by atoms with van der Waals surface area (Å²) in [7, 11) is 0. The molecule has 2 aliphatic rings. The van der Waals surface area contributed by atoms with Crippen molar-refractivity contribution in [1.29, 1.82) is 0 Å². The quantitative estimate of drug-likeness (QED) is 0.843. The number of aliphatic hydroxyl groups excluding tert-OH is 1. The lowest BCUT2D eigenvalue weighted by Gasteiger charge is -2.43. The molecule has 17 heavy (non-hydrogen) atoms. The summed E-state index contributed by atoms with van der Waals surface area (Å²) >= 11 is 2.00. The molecule has 2 rings (SSSR count). The van der Waals surface area contributed by atoms with Gasteiger partial charge in [0.15, 0.2) is 0 Å². The SMILES string of the molecule is CCC(C)(C)C(O)C1CCOC2(CCSC2)C1. The van der Waals surface area contributed by atoms with E-state index in [1.165, 1.54) is 12.2 Å². The lowest BCUT2D eigenvalue weighted by atomic mass is 9.72. The van der Waals surface area contributed by atoms with Crippen LogP contribution in [-0.4, -0.2) is 34.9 Å². The molecule has 2 aliphatic heterocycles. The molecule has 3 heteroatoms. The second-order valence-corrected chi connectivity index (χ2v) is 7.48. The van der Waals surface area contributed by atoms with Crippen molar-refractivity contribution in [2.75, 3.05) is 18.1 Å². The summed E-state index contributed by atoms with van der Waals surface area (Å²) in [6.45, 7) is 7.37. The van der Waals surface area contributed by atoms with Crippen molar-refractivity contribution < 1.29 is 9.84 Å². The Morgan fingerprint density at radius 1 is 1.53 bits per heavy atom. The highest BCUT2D eigenvalue weighted by atomic mass is 32.2. The number of hydrogen-bond acceptors (Lipinski definition) is 3. The molecular formula is C14H26O2S. The van der Waals surface area contributed by atoms with Gasteiger partial charge in [-0.1, -0.05) is 20.8 Å². The topological polar surface area (TPSA) is 29.5 Å². The average Bonchev–Trinajstić information content (AvgIpc) is 2.76. The van der Waals surface area contributed by atoms with Crippen molar-refractivity contribution in [3.63, 3.8) is 0 Å². The maximum atomic E-state index is 10.6. The minimum absolute atomic E-state index is 0.0367. The van der Waals surface area contributed by atoms with Gasteiger partial charge in [-0.3, -0.25) is 0 Å². The van der Waals surface area contributed by atoms with Crippen LogP contribution in [0.3, 0.4) is 0 Å². The largest absolute Gasteiger partial charge is 0.392 e. The first-order valence-corrected chi connectivity index (χ1v) is 8.04. The molecule has 2 heterocycles. The fraction of sp³-hybridized carbons (Fsp3) is 1.00. The molecule has 0 aliphatic carbocycles. The third-order valence-electron chi connectivity index (χ3n) is 4.76. The number of aliphatic hydroxyl groups is 1. The maximum Gasteiger partial charge on any atom is 0.0783 e. The third kappa shape index (κ3) is 2.82. The van der Waals surface area contributed by atoms with E-state index in [1.54, 1.807) is 0 Å². The number of ether oxygens (including phenoxy) is 1. The van der Waals surface area contributed by atoms with Crippen LogP contribution < -0.4 is 0 Å². The zero-order chi connectivity index (χ0) is 12.5. The van der Waals surface area contributed by atoms with E-state index in [4.69, 9.17) is 4.74 Å². The van der Waals surface area contributed by atoms with Gasteiger partial charge in [-0.15, -0.1) is 0 Å². The van der Waals surface area contributed by atoms with E-state index in [0.717, 1.165) is 31.6 Å². The maximum absolute atomic E-state index is 10.6. The van der Waals surface area contributed by atoms with Gasteiger partial charge in [0.1, 0.15) is 0 Å². The summed E-state index contributed by atoms with van der Waals surface area (Å²) in [5.74, 6) is 2.78. The van der Waals surface area contributed by atoms with Crippen LogP contribution in [0.4, 0.5) is 0 Å². The van der Waals surface area contributed by atoms with Gasteiger partial charge in [0.25, 0.3) is 0 Å². The molecule has 0 aromatic carbocycles. The fourth-order valence-electron chi connectivity index (χ4n) is 3.05. The van der Waals surface area contributed by atoms with Crippen molar-refractivity contribution in [1.82, 2.24) is 0 Å². The van der Waals surface area contributed by atoms with E-state index < -0.39 is 0 Å². The zero-order valence-electron chi connectivity index (χ0n) is 11.4. The van der Waals surface area contributed by atoms with Gasteiger partial charge in [0.2, 0.25) is 0 Å². The van der Waals surface area contributed by atoms with Crippen LogP contribution in [-0.2, 0) is 4.74 Å². The molecule has 1 spiro atoms. The summed E-state index contributed by atoms with van der Waals surface area (Å²) < 4.78 is 6.02. The lowest BCUT2D eigenvalue weighted by Crippen LogP contribution is -2.46. The second kappa shape index (κ2) is 5.10. The van der Waals surface area contributed by atoms with Gasteiger partial charge in [-0.25, -0.2) is 0 Å². The van der Waals surface area contributed by atoms with E-state index in [1.807, 2.05) is 11.8 Å². The molecule has 3 atom stereocenters. The first-order valence-electron chi connectivity index (χ1n) is 6.89. The first-order chi connectivity index (χ1) is 7.99. The van der Waals surface area contributed by atoms with Crippen LogP contribution in [0, 0.1) is 11.3 Å². The first kappa shape index (κ1) is 13.7. The molecule has 2 saturated heterocycles. The van der Waals surface area contributed by atoms with Crippen molar-refractivity contribution in [2.24, 2.45) is 11.3 Å². The molecule has 0 amide bonds. The van der Waals surface area contributed by atoms with Gasteiger partial charge in [0.05, 0.1) is 11.7 Å². The fourth-order valence-corrected chi connectivity index (χ4v) is 4.42. The number of rotatable bonds is 3. The molecule has 0 aromatic heterocycles. The van der Waals surface area contributed by atoms with Crippen molar-refractivity contribution in [2.45, 2.75) is 58.2 Å². The summed E-state index contributed by atoms with van der Waals surface area (Å²) in [5, 5.41) is 10.6. The second-order valence-electron chi connectivity index (χ2n) is 6.37. The molecular weight excluding hydrogens is 232 g/mol.